The molecule has 0 radical (unpaired) electrons. The second kappa shape index (κ2) is 6.44. The molecule has 0 aromatic rings. The topological polar surface area (TPSA) is 35.6 Å². The summed E-state index contributed by atoms with van der Waals surface area (Å²) in [4.78, 5) is 17.5. The second-order valence-corrected chi connectivity index (χ2v) is 6.81. The second-order valence-electron chi connectivity index (χ2n) is 6.81. The molecule has 4 heteroatoms. The largest absolute Gasteiger partial charge is 0.341 e. The Bertz CT molecular complexity index is 341. The number of likely N-dealkylation sites (tertiary alicyclic amines) is 2. The van der Waals surface area contributed by atoms with Crippen molar-refractivity contribution in [2.24, 2.45) is 5.92 Å². The van der Waals surface area contributed by atoms with Gasteiger partial charge in [0.15, 0.2) is 0 Å². The molecule has 0 aliphatic carbocycles. The molecule has 1 N–H and O–H groups in total. The highest BCUT2D eigenvalue weighted by Gasteiger charge is 2.36. The van der Waals surface area contributed by atoms with Gasteiger partial charge < -0.3 is 10.2 Å². The first-order valence-electron chi connectivity index (χ1n) is 8.52. The lowest BCUT2D eigenvalue weighted by atomic mass is 9.91. The number of amides is 1. The molecule has 3 heterocycles. The zero-order valence-electron chi connectivity index (χ0n) is 12.8. The van der Waals surface area contributed by atoms with Gasteiger partial charge in [-0.05, 0) is 58.7 Å². The van der Waals surface area contributed by atoms with Gasteiger partial charge in [0, 0.05) is 25.2 Å². The highest BCUT2D eigenvalue weighted by molar-refractivity contribution is 5.80. The molecule has 0 bridgehead atoms. The van der Waals surface area contributed by atoms with Crippen molar-refractivity contribution in [1.29, 1.82) is 0 Å². The van der Waals surface area contributed by atoms with Crippen molar-refractivity contribution in [3.05, 3.63) is 0 Å². The third-order valence-electron chi connectivity index (χ3n) is 5.46. The Balaban J connectivity index is 1.54. The van der Waals surface area contributed by atoms with Gasteiger partial charge in [-0.2, -0.15) is 0 Å². The van der Waals surface area contributed by atoms with Gasteiger partial charge >= 0.3 is 0 Å². The van der Waals surface area contributed by atoms with Crippen molar-refractivity contribution in [2.75, 3.05) is 32.7 Å². The Morgan fingerprint density at radius 3 is 2.60 bits per heavy atom. The third-order valence-corrected chi connectivity index (χ3v) is 5.46. The first-order chi connectivity index (χ1) is 9.75. The average molecular weight is 279 g/mol. The molecule has 1 amide bonds. The van der Waals surface area contributed by atoms with E-state index < -0.39 is 0 Å². The summed E-state index contributed by atoms with van der Waals surface area (Å²) in [5.74, 6) is 0.619. The smallest absolute Gasteiger partial charge is 0.227 e. The summed E-state index contributed by atoms with van der Waals surface area (Å²) in [5.41, 5.74) is 0. The van der Waals surface area contributed by atoms with E-state index in [4.69, 9.17) is 0 Å². The molecule has 3 atom stereocenters. The number of carbonyl (C=O) groups is 1. The molecular formula is C16H29N3O. The van der Waals surface area contributed by atoms with E-state index in [0.29, 0.717) is 18.0 Å². The molecule has 114 valence electrons. The minimum atomic E-state index is 0.212. The van der Waals surface area contributed by atoms with Crippen LogP contribution in [-0.4, -0.2) is 60.5 Å². The number of carbonyl (C=O) groups excluding carboxylic acids is 1. The number of hydrogen-bond acceptors (Lipinski definition) is 3. The van der Waals surface area contributed by atoms with Gasteiger partial charge in [-0.15, -0.1) is 0 Å². The Hall–Kier alpha value is -0.610. The lowest BCUT2D eigenvalue weighted by molar-refractivity contribution is -0.136. The first kappa shape index (κ1) is 14.3. The number of piperidine rings is 2. The van der Waals surface area contributed by atoms with Gasteiger partial charge in [0.25, 0.3) is 0 Å². The van der Waals surface area contributed by atoms with E-state index in [1.165, 1.54) is 38.8 Å². The van der Waals surface area contributed by atoms with Crippen LogP contribution >= 0.6 is 0 Å². The van der Waals surface area contributed by atoms with Crippen molar-refractivity contribution in [2.45, 2.75) is 57.5 Å². The molecule has 3 saturated heterocycles. The number of nitrogens with one attached hydrogen (secondary N) is 1. The molecule has 3 fully saturated rings. The Morgan fingerprint density at radius 1 is 1.05 bits per heavy atom. The highest BCUT2D eigenvalue weighted by Crippen LogP contribution is 2.24. The number of nitrogens with zero attached hydrogens (tertiary/aromatic N) is 2. The molecule has 3 aliphatic heterocycles. The summed E-state index contributed by atoms with van der Waals surface area (Å²) < 4.78 is 0. The molecule has 3 aliphatic rings. The van der Waals surface area contributed by atoms with E-state index in [2.05, 4.69) is 22.0 Å². The summed E-state index contributed by atoms with van der Waals surface area (Å²) in [6, 6.07) is 0.983. The third kappa shape index (κ3) is 3.01. The maximum Gasteiger partial charge on any atom is 0.227 e. The fraction of sp³-hybridized carbons (Fsp3) is 0.938. The van der Waals surface area contributed by atoms with Gasteiger partial charge in [0.05, 0.1) is 5.92 Å². The van der Waals surface area contributed by atoms with Crippen LogP contribution in [0.1, 0.15) is 45.4 Å². The molecular weight excluding hydrogens is 250 g/mol. The summed E-state index contributed by atoms with van der Waals surface area (Å²) in [6.07, 6.45) is 7.46. The van der Waals surface area contributed by atoms with Crippen LogP contribution in [0.15, 0.2) is 0 Å². The summed E-state index contributed by atoms with van der Waals surface area (Å²) >= 11 is 0. The first-order valence-corrected chi connectivity index (χ1v) is 8.52. The fourth-order valence-electron chi connectivity index (χ4n) is 4.14. The van der Waals surface area contributed by atoms with Crippen LogP contribution < -0.4 is 5.32 Å². The molecule has 0 aromatic heterocycles. The standard InChI is InChI=1S/C16H29N3O/c1-13-15(6-5-8-17-13)16(20)19-11-7-14(12-19)18-9-3-2-4-10-18/h13-15,17H,2-12H2,1H3. The van der Waals surface area contributed by atoms with Crippen molar-refractivity contribution in [3.8, 4) is 0 Å². The van der Waals surface area contributed by atoms with Crippen LogP contribution in [0.5, 0.6) is 0 Å². The van der Waals surface area contributed by atoms with Crippen molar-refractivity contribution >= 4 is 5.91 Å². The van der Waals surface area contributed by atoms with E-state index in [-0.39, 0.29) is 5.92 Å². The minimum Gasteiger partial charge on any atom is -0.341 e. The minimum absolute atomic E-state index is 0.212. The average Bonchev–Trinajstić information content (AvgIpc) is 2.98. The monoisotopic (exact) mass is 279 g/mol. The Labute approximate surface area is 122 Å². The molecule has 3 unspecified atom stereocenters. The maximum atomic E-state index is 12.7. The van der Waals surface area contributed by atoms with Crippen LogP contribution in [-0.2, 0) is 4.79 Å². The molecule has 3 rings (SSSR count). The predicted molar refractivity (Wildman–Crippen MR) is 80.6 cm³/mol. The van der Waals surface area contributed by atoms with Crippen LogP contribution in [0.25, 0.3) is 0 Å². The van der Waals surface area contributed by atoms with Crippen LogP contribution in [0.2, 0.25) is 0 Å². The molecule has 0 aromatic carbocycles. The summed E-state index contributed by atoms with van der Waals surface area (Å²) in [6.45, 7) is 7.68. The van der Waals surface area contributed by atoms with Gasteiger partial charge in [0.1, 0.15) is 0 Å². The number of rotatable bonds is 2. The Morgan fingerprint density at radius 2 is 1.85 bits per heavy atom. The Kier molecular flexibility index (Phi) is 4.61. The van der Waals surface area contributed by atoms with Gasteiger partial charge in [-0.25, -0.2) is 0 Å². The maximum absolute atomic E-state index is 12.7. The summed E-state index contributed by atoms with van der Waals surface area (Å²) in [7, 11) is 0. The van der Waals surface area contributed by atoms with Crippen LogP contribution in [0.3, 0.4) is 0 Å². The molecule has 20 heavy (non-hydrogen) atoms. The van der Waals surface area contributed by atoms with E-state index >= 15 is 0 Å². The molecule has 4 nitrogen and oxygen atoms in total. The molecule has 0 spiro atoms. The highest BCUT2D eigenvalue weighted by atomic mass is 16.2. The number of hydrogen-bond donors (Lipinski definition) is 1. The van der Waals surface area contributed by atoms with Gasteiger partial charge in [-0.1, -0.05) is 6.42 Å². The zero-order valence-corrected chi connectivity index (χ0v) is 12.8. The van der Waals surface area contributed by atoms with Crippen molar-refractivity contribution < 1.29 is 4.79 Å². The quantitative estimate of drug-likeness (QED) is 0.831. The predicted octanol–water partition coefficient (Wildman–Crippen LogP) is 1.46. The van der Waals surface area contributed by atoms with E-state index in [1.54, 1.807) is 0 Å². The van der Waals surface area contributed by atoms with E-state index in [1.807, 2.05) is 0 Å². The van der Waals surface area contributed by atoms with E-state index in [0.717, 1.165) is 32.5 Å². The zero-order chi connectivity index (χ0) is 13.9. The normalized spacial score (nSPS) is 36.2. The van der Waals surface area contributed by atoms with E-state index in [9.17, 15) is 4.79 Å². The SMILES string of the molecule is CC1NCCCC1C(=O)N1CCC(N2CCCCC2)C1. The fourth-order valence-corrected chi connectivity index (χ4v) is 4.14. The lowest BCUT2D eigenvalue weighted by Gasteiger charge is -2.34. The molecule has 0 saturated carbocycles. The summed E-state index contributed by atoms with van der Waals surface area (Å²) in [5, 5.41) is 3.45. The van der Waals surface area contributed by atoms with Crippen LogP contribution in [0, 0.1) is 5.92 Å². The van der Waals surface area contributed by atoms with Gasteiger partial charge in [-0.3, -0.25) is 9.69 Å². The van der Waals surface area contributed by atoms with Crippen molar-refractivity contribution in [3.63, 3.8) is 0 Å². The van der Waals surface area contributed by atoms with Crippen molar-refractivity contribution in [1.82, 2.24) is 15.1 Å². The van der Waals surface area contributed by atoms with Crippen LogP contribution in [0.4, 0.5) is 0 Å². The van der Waals surface area contributed by atoms with Gasteiger partial charge in [0.2, 0.25) is 5.91 Å². The lowest BCUT2D eigenvalue weighted by Crippen LogP contribution is -2.48.